The van der Waals surface area contributed by atoms with Gasteiger partial charge in [-0.2, -0.15) is 5.26 Å². The average molecular weight is 367 g/mol. The minimum absolute atomic E-state index is 0.115. The van der Waals surface area contributed by atoms with Crippen LogP contribution in [-0.4, -0.2) is 29.1 Å². The second-order valence-electron chi connectivity index (χ2n) is 5.99. The number of hydrogen-bond donors (Lipinski definition) is 2. The van der Waals surface area contributed by atoms with Crippen molar-refractivity contribution >= 4 is 18.1 Å². The summed E-state index contributed by atoms with van der Waals surface area (Å²) in [6, 6.07) is 10.9. The van der Waals surface area contributed by atoms with Crippen LogP contribution in [0.5, 0.6) is 5.75 Å². The first-order chi connectivity index (χ1) is 12.9. The minimum atomic E-state index is -1.10. The number of aromatic hydroxyl groups is 1. The van der Waals surface area contributed by atoms with E-state index in [0.717, 1.165) is 17.7 Å². The fourth-order valence-electron chi connectivity index (χ4n) is 2.62. The molecule has 5 nitrogen and oxygen atoms in total. The highest BCUT2D eigenvalue weighted by atomic mass is 19.1. The van der Waals surface area contributed by atoms with Gasteiger partial charge in [-0.15, -0.1) is 0 Å². The SMILES string of the molecule is CN1C(=O)/C(=C/c2cc(F)c(O)c(F)c2)NC1/C=C/c1ccc(C#N)cc1. The number of hydrogen-bond acceptors (Lipinski definition) is 4. The minimum Gasteiger partial charge on any atom is -0.503 e. The highest BCUT2D eigenvalue weighted by Crippen LogP contribution is 2.24. The van der Waals surface area contributed by atoms with E-state index in [1.54, 1.807) is 43.5 Å². The number of phenols is 1. The Balaban J connectivity index is 1.80. The summed E-state index contributed by atoms with van der Waals surface area (Å²) in [5.41, 5.74) is 1.70. The number of nitriles is 1. The van der Waals surface area contributed by atoms with Crippen LogP contribution in [0.3, 0.4) is 0 Å². The highest BCUT2D eigenvalue weighted by Gasteiger charge is 2.30. The third-order valence-corrected chi connectivity index (χ3v) is 4.13. The summed E-state index contributed by atoms with van der Waals surface area (Å²) in [7, 11) is 1.60. The van der Waals surface area contributed by atoms with Gasteiger partial charge in [0.2, 0.25) is 0 Å². The van der Waals surface area contributed by atoms with Crippen LogP contribution in [0.15, 0.2) is 48.2 Å². The summed E-state index contributed by atoms with van der Waals surface area (Å²) in [6.07, 6.45) is 4.44. The number of amides is 1. The summed E-state index contributed by atoms with van der Waals surface area (Å²) < 4.78 is 26.9. The van der Waals surface area contributed by atoms with Crippen LogP contribution in [-0.2, 0) is 4.79 Å². The van der Waals surface area contributed by atoms with Gasteiger partial charge in [0.15, 0.2) is 17.4 Å². The lowest BCUT2D eigenvalue weighted by atomic mass is 10.1. The number of nitrogens with one attached hydrogen (secondary N) is 1. The van der Waals surface area contributed by atoms with Crippen molar-refractivity contribution in [2.75, 3.05) is 7.05 Å². The molecule has 1 aliphatic rings. The number of halogens is 2. The van der Waals surface area contributed by atoms with Crippen LogP contribution >= 0.6 is 0 Å². The molecule has 1 aliphatic heterocycles. The monoisotopic (exact) mass is 367 g/mol. The fourth-order valence-corrected chi connectivity index (χ4v) is 2.62. The predicted molar refractivity (Wildman–Crippen MR) is 95.9 cm³/mol. The van der Waals surface area contributed by atoms with E-state index in [1.165, 1.54) is 11.0 Å². The number of likely N-dealkylation sites (N-methyl/N-ethyl adjacent to an activating group) is 1. The Morgan fingerprint density at radius 1 is 1.19 bits per heavy atom. The van der Waals surface area contributed by atoms with Crippen LogP contribution in [0, 0.1) is 23.0 Å². The van der Waals surface area contributed by atoms with Gasteiger partial charge in [-0.3, -0.25) is 4.79 Å². The maximum atomic E-state index is 13.5. The molecule has 2 aromatic carbocycles. The van der Waals surface area contributed by atoms with Gasteiger partial charge < -0.3 is 15.3 Å². The Morgan fingerprint density at radius 2 is 1.81 bits per heavy atom. The molecule has 27 heavy (non-hydrogen) atoms. The zero-order chi connectivity index (χ0) is 19.6. The second kappa shape index (κ2) is 7.30. The van der Waals surface area contributed by atoms with Crippen molar-refractivity contribution in [2.24, 2.45) is 0 Å². The standard InChI is InChI=1S/C20H15F2N3O2/c1-25-18(7-6-12-2-4-13(11-23)5-3-12)24-17(20(25)27)10-14-8-15(21)19(26)16(22)9-14/h2-10,18,24,26H,1H3/b7-6+,17-10-. The average Bonchev–Trinajstić information content (AvgIpc) is 2.92. The quantitative estimate of drug-likeness (QED) is 0.818. The van der Waals surface area contributed by atoms with Gasteiger partial charge >= 0.3 is 0 Å². The Hall–Kier alpha value is -3.66. The molecule has 1 unspecified atom stereocenters. The summed E-state index contributed by atoms with van der Waals surface area (Å²) in [6.45, 7) is 0. The van der Waals surface area contributed by atoms with Crippen molar-refractivity contribution in [3.8, 4) is 11.8 Å². The molecule has 1 saturated heterocycles. The molecule has 1 fully saturated rings. The van der Waals surface area contributed by atoms with Crippen molar-refractivity contribution in [3.05, 3.63) is 76.5 Å². The van der Waals surface area contributed by atoms with Crippen LogP contribution < -0.4 is 5.32 Å². The molecule has 0 aromatic heterocycles. The first-order valence-corrected chi connectivity index (χ1v) is 8.01. The molecular formula is C20H15F2N3O2. The first-order valence-electron chi connectivity index (χ1n) is 8.01. The van der Waals surface area contributed by atoms with Crippen molar-refractivity contribution in [1.82, 2.24) is 10.2 Å². The van der Waals surface area contributed by atoms with Gasteiger partial charge in [-0.1, -0.05) is 18.2 Å². The van der Waals surface area contributed by atoms with Crippen molar-refractivity contribution in [1.29, 1.82) is 5.26 Å². The molecule has 136 valence electrons. The van der Waals surface area contributed by atoms with Crippen LogP contribution in [0.2, 0.25) is 0 Å². The third-order valence-electron chi connectivity index (χ3n) is 4.13. The number of carbonyl (C=O) groups excluding carboxylic acids is 1. The first kappa shape index (κ1) is 18.1. The van der Waals surface area contributed by atoms with E-state index >= 15 is 0 Å². The zero-order valence-electron chi connectivity index (χ0n) is 14.3. The highest BCUT2D eigenvalue weighted by molar-refractivity contribution is 5.99. The predicted octanol–water partition coefficient (Wildman–Crippen LogP) is 2.98. The lowest BCUT2D eigenvalue weighted by molar-refractivity contribution is -0.124. The van der Waals surface area contributed by atoms with E-state index in [9.17, 15) is 13.6 Å². The smallest absolute Gasteiger partial charge is 0.271 e. The Morgan fingerprint density at radius 3 is 2.41 bits per heavy atom. The maximum absolute atomic E-state index is 13.5. The molecule has 1 amide bonds. The van der Waals surface area contributed by atoms with Gasteiger partial charge in [0.25, 0.3) is 5.91 Å². The van der Waals surface area contributed by atoms with E-state index in [-0.39, 0.29) is 17.2 Å². The third kappa shape index (κ3) is 3.80. The molecule has 1 atom stereocenters. The van der Waals surface area contributed by atoms with Crippen LogP contribution in [0.1, 0.15) is 16.7 Å². The molecule has 1 heterocycles. The molecule has 0 saturated carbocycles. The number of nitrogens with zero attached hydrogens (tertiary/aromatic N) is 2. The van der Waals surface area contributed by atoms with Crippen molar-refractivity contribution < 1.29 is 18.7 Å². The van der Waals surface area contributed by atoms with Crippen LogP contribution in [0.4, 0.5) is 8.78 Å². The Bertz CT molecular complexity index is 968. The molecule has 2 aromatic rings. The number of benzene rings is 2. The molecule has 0 radical (unpaired) electrons. The molecule has 2 N–H and O–H groups in total. The summed E-state index contributed by atoms with van der Waals surface area (Å²) in [5.74, 6) is -3.59. The molecular weight excluding hydrogens is 352 g/mol. The van der Waals surface area contributed by atoms with E-state index in [2.05, 4.69) is 5.32 Å². The van der Waals surface area contributed by atoms with Gasteiger partial charge in [-0.05, 0) is 47.5 Å². The van der Waals surface area contributed by atoms with Gasteiger partial charge in [0.1, 0.15) is 11.9 Å². The largest absolute Gasteiger partial charge is 0.503 e. The zero-order valence-corrected chi connectivity index (χ0v) is 14.3. The van der Waals surface area contributed by atoms with Crippen molar-refractivity contribution in [2.45, 2.75) is 6.17 Å². The van der Waals surface area contributed by atoms with Crippen molar-refractivity contribution in [3.63, 3.8) is 0 Å². The lowest BCUT2D eigenvalue weighted by Gasteiger charge is -2.14. The Kier molecular flexibility index (Phi) is 4.90. The lowest BCUT2D eigenvalue weighted by Crippen LogP contribution is -2.31. The summed E-state index contributed by atoms with van der Waals surface area (Å²) in [5, 5.41) is 20.9. The van der Waals surface area contributed by atoms with E-state index in [1.807, 2.05) is 6.07 Å². The van der Waals surface area contributed by atoms with Gasteiger partial charge in [0, 0.05) is 7.05 Å². The topological polar surface area (TPSA) is 76.4 Å². The van der Waals surface area contributed by atoms with E-state index < -0.39 is 23.5 Å². The molecule has 0 bridgehead atoms. The normalized spacial score (nSPS) is 18.1. The fraction of sp³-hybridized carbons (Fsp3) is 0.100. The maximum Gasteiger partial charge on any atom is 0.271 e. The summed E-state index contributed by atoms with van der Waals surface area (Å²) in [4.78, 5) is 13.8. The summed E-state index contributed by atoms with van der Waals surface area (Å²) >= 11 is 0. The van der Waals surface area contributed by atoms with Gasteiger partial charge in [0.05, 0.1) is 11.6 Å². The molecule has 3 rings (SSSR count). The Labute approximate surface area is 154 Å². The second-order valence-corrected chi connectivity index (χ2v) is 5.99. The van der Waals surface area contributed by atoms with Crippen LogP contribution in [0.25, 0.3) is 12.2 Å². The molecule has 7 heteroatoms. The van der Waals surface area contributed by atoms with E-state index in [4.69, 9.17) is 10.4 Å². The van der Waals surface area contributed by atoms with Gasteiger partial charge in [-0.25, -0.2) is 8.78 Å². The molecule has 0 spiro atoms. The number of carbonyl (C=O) groups is 1. The number of rotatable bonds is 3. The molecule has 0 aliphatic carbocycles. The number of phenolic OH excluding ortho intramolecular Hbond substituents is 1. The van der Waals surface area contributed by atoms with E-state index in [0.29, 0.717) is 5.56 Å².